The Labute approximate surface area is 64.6 Å². The summed E-state index contributed by atoms with van der Waals surface area (Å²) in [6.07, 6.45) is 2.23. The first-order chi connectivity index (χ1) is 4.57. The van der Waals surface area contributed by atoms with Crippen molar-refractivity contribution in [3.63, 3.8) is 0 Å². The minimum Gasteiger partial charge on any atom is -0.0998 e. The van der Waals surface area contributed by atoms with Gasteiger partial charge >= 0.3 is 0 Å². The molecule has 0 radical (unpaired) electrons. The lowest BCUT2D eigenvalue weighted by atomic mass is 10.0. The van der Waals surface area contributed by atoms with Crippen molar-refractivity contribution in [2.24, 2.45) is 0 Å². The Hall–Kier alpha value is -0.520. The van der Waals surface area contributed by atoms with Crippen LogP contribution in [-0.4, -0.2) is 0 Å². The van der Waals surface area contributed by atoms with Gasteiger partial charge in [0.25, 0.3) is 0 Å². The van der Waals surface area contributed by atoms with Crippen LogP contribution < -0.4 is 0 Å². The third-order valence-electron chi connectivity index (χ3n) is 1.83. The van der Waals surface area contributed by atoms with Gasteiger partial charge in [-0.3, -0.25) is 0 Å². The van der Waals surface area contributed by atoms with Gasteiger partial charge in [-0.1, -0.05) is 30.2 Å². The molecule has 0 aromatic heterocycles. The molecule has 0 rings (SSSR count). The molecule has 0 aromatic carbocycles. The number of allylic oxidation sites excluding steroid dienone is 3. The van der Waals surface area contributed by atoms with Crippen LogP contribution in [0.1, 0.15) is 40.5 Å². The summed E-state index contributed by atoms with van der Waals surface area (Å²) < 4.78 is 0. The minimum absolute atomic E-state index is 1.07. The predicted molar refractivity (Wildman–Crippen MR) is 48.1 cm³/mol. The summed E-state index contributed by atoms with van der Waals surface area (Å²) >= 11 is 0. The van der Waals surface area contributed by atoms with Crippen molar-refractivity contribution in [1.29, 1.82) is 0 Å². The molecule has 0 saturated carbocycles. The van der Waals surface area contributed by atoms with Crippen LogP contribution in [-0.2, 0) is 0 Å². The van der Waals surface area contributed by atoms with Crippen molar-refractivity contribution in [1.82, 2.24) is 0 Å². The Morgan fingerprint density at radius 3 is 1.90 bits per heavy atom. The summed E-state index contributed by atoms with van der Waals surface area (Å²) in [4.78, 5) is 0. The molecule has 0 aliphatic carbocycles. The van der Waals surface area contributed by atoms with Crippen molar-refractivity contribution in [2.75, 3.05) is 0 Å². The normalized spacial score (nSPS) is 12.8. The Kier molecular flexibility index (Phi) is 4.10. The highest BCUT2D eigenvalue weighted by Gasteiger charge is 1.93. The lowest BCUT2D eigenvalue weighted by molar-refractivity contribution is 0.997. The molecule has 0 nitrogen and oxygen atoms in total. The summed E-state index contributed by atoms with van der Waals surface area (Å²) in [6.45, 7) is 12.5. The fourth-order valence-corrected chi connectivity index (χ4v) is 0.905. The molecule has 0 spiro atoms. The second kappa shape index (κ2) is 4.32. The number of hydrogen-bond acceptors (Lipinski definition) is 0. The first-order valence-corrected chi connectivity index (χ1v) is 3.87. The lowest BCUT2D eigenvalue weighted by Crippen LogP contribution is -1.83. The Morgan fingerprint density at radius 1 is 1.10 bits per heavy atom. The van der Waals surface area contributed by atoms with Gasteiger partial charge in [0, 0.05) is 0 Å². The van der Waals surface area contributed by atoms with Crippen LogP contribution in [0.4, 0.5) is 0 Å². The molecular formula is C10H18. The molecule has 0 atom stereocenters. The minimum atomic E-state index is 1.07. The predicted octanol–water partition coefficient (Wildman–Crippen LogP) is 3.70. The van der Waals surface area contributed by atoms with E-state index in [1.54, 1.807) is 0 Å². The van der Waals surface area contributed by atoms with Crippen molar-refractivity contribution in [2.45, 2.75) is 40.5 Å². The van der Waals surface area contributed by atoms with Gasteiger partial charge in [-0.2, -0.15) is 0 Å². The van der Waals surface area contributed by atoms with Crippen LogP contribution in [0.25, 0.3) is 0 Å². The van der Waals surface area contributed by atoms with E-state index >= 15 is 0 Å². The summed E-state index contributed by atoms with van der Waals surface area (Å²) in [5.41, 5.74) is 4.24. The van der Waals surface area contributed by atoms with Gasteiger partial charge in [-0.25, -0.2) is 0 Å². The van der Waals surface area contributed by atoms with Gasteiger partial charge < -0.3 is 0 Å². The molecule has 0 amide bonds. The molecule has 0 fully saturated rings. The van der Waals surface area contributed by atoms with E-state index < -0.39 is 0 Å². The van der Waals surface area contributed by atoms with Crippen LogP contribution in [0, 0.1) is 0 Å². The first-order valence-electron chi connectivity index (χ1n) is 3.87. The van der Waals surface area contributed by atoms with E-state index in [0.717, 1.165) is 6.42 Å². The van der Waals surface area contributed by atoms with E-state index in [1.807, 2.05) is 0 Å². The van der Waals surface area contributed by atoms with Crippen LogP contribution >= 0.6 is 0 Å². The average molecular weight is 138 g/mol. The topological polar surface area (TPSA) is 0 Å². The molecule has 0 aromatic rings. The van der Waals surface area contributed by atoms with Gasteiger partial charge in [0.2, 0.25) is 0 Å². The fraction of sp³-hybridized carbons (Fsp3) is 0.600. The van der Waals surface area contributed by atoms with Crippen molar-refractivity contribution < 1.29 is 0 Å². The Morgan fingerprint density at radius 2 is 1.60 bits per heavy atom. The maximum absolute atomic E-state index is 3.88. The quantitative estimate of drug-likeness (QED) is 0.522. The van der Waals surface area contributed by atoms with Gasteiger partial charge in [-0.05, 0) is 33.6 Å². The van der Waals surface area contributed by atoms with Gasteiger partial charge in [-0.15, -0.1) is 0 Å². The van der Waals surface area contributed by atoms with E-state index in [2.05, 4.69) is 34.3 Å². The van der Waals surface area contributed by atoms with E-state index in [-0.39, 0.29) is 0 Å². The first kappa shape index (κ1) is 9.48. The van der Waals surface area contributed by atoms with E-state index in [1.165, 1.54) is 23.1 Å². The smallest absolute Gasteiger partial charge is 0.0114 e. The molecule has 0 unspecified atom stereocenters. The molecule has 0 saturated heterocycles. The highest BCUT2D eigenvalue weighted by atomic mass is 14.0. The third-order valence-corrected chi connectivity index (χ3v) is 1.83. The highest BCUT2D eigenvalue weighted by molar-refractivity contribution is 5.15. The van der Waals surface area contributed by atoms with Gasteiger partial charge in [0.15, 0.2) is 0 Å². The van der Waals surface area contributed by atoms with Crippen molar-refractivity contribution in [3.05, 3.63) is 23.3 Å². The van der Waals surface area contributed by atoms with E-state index in [0.29, 0.717) is 0 Å². The van der Waals surface area contributed by atoms with Gasteiger partial charge in [0.05, 0.1) is 0 Å². The molecule has 0 heteroatoms. The Bertz CT molecular complexity index is 149. The van der Waals surface area contributed by atoms with Crippen LogP contribution in [0.3, 0.4) is 0 Å². The number of rotatable bonds is 3. The zero-order valence-corrected chi connectivity index (χ0v) is 7.62. The SMILES string of the molecule is C=C(C)CC(C)=C(C)CC. The molecule has 10 heavy (non-hydrogen) atoms. The van der Waals surface area contributed by atoms with Crippen molar-refractivity contribution >= 4 is 0 Å². The third kappa shape index (κ3) is 3.49. The lowest BCUT2D eigenvalue weighted by Gasteiger charge is -2.04. The highest BCUT2D eigenvalue weighted by Crippen LogP contribution is 2.14. The summed E-state index contributed by atoms with van der Waals surface area (Å²) in [5, 5.41) is 0. The molecular weight excluding hydrogens is 120 g/mol. The van der Waals surface area contributed by atoms with E-state index in [9.17, 15) is 0 Å². The monoisotopic (exact) mass is 138 g/mol. The zero-order chi connectivity index (χ0) is 8.15. The van der Waals surface area contributed by atoms with Gasteiger partial charge in [0.1, 0.15) is 0 Å². The van der Waals surface area contributed by atoms with Crippen LogP contribution in [0.2, 0.25) is 0 Å². The molecule has 0 heterocycles. The largest absolute Gasteiger partial charge is 0.0998 e. The standard InChI is InChI=1S/C10H18/c1-6-9(4)10(5)7-8(2)3/h2,6-7H2,1,3-5H3. The maximum atomic E-state index is 3.88. The second-order valence-corrected chi connectivity index (χ2v) is 3.05. The molecule has 0 aliphatic rings. The Balaban J connectivity index is 4.04. The molecule has 0 bridgehead atoms. The van der Waals surface area contributed by atoms with Crippen molar-refractivity contribution in [3.8, 4) is 0 Å². The van der Waals surface area contributed by atoms with E-state index in [4.69, 9.17) is 0 Å². The molecule has 0 aliphatic heterocycles. The second-order valence-electron chi connectivity index (χ2n) is 3.05. The van der Waals surface area contributed by atoms with Crippen LogP contribution in [0.15, 0.2) is 23.3 Å². The summed E-state index contributed by atoms with van der Waals surface area (Å²) in [7, 11) is 0. The summed E-state index contributed by atoms with van der Waals surface area (Å²) in [5.74, 6) is 0. The van der Waals surface area contributed by atoms with Crippen LogP contribution in [0.5, 0.6) is 0 Å². The fourth-order valence-electron chi connectivity index (χ4n) is 0.905. The maximum Gasteiger partial charge on any atom is -0.0114 e. The zero-order valence-electron chi connectivity index (χ0n) is 7.62. The molecule has 0 N–H and O–H groups in total. The average Bonchev–Trinajstić information content (AvgIpc) is 1.85. The number of hydrogen-bond donors (Lipinski definition) is 0. The summed E-state index contributed by atoms with van der Waals surface area (Å²) in [6, 6.07) is 0. The molecule has 58 valence electrons.